The van der Waals surface area contributed by atoms with Gasteiger partial charge in [-0.3, -0.25) is 9.78 Å². The highest BCUT2D eigenvalue weighted by Crippen LogP contribution is 2.35. The Balaban J connectivity index is 0.000000516. The number of aryl methyl sites for hydroxylation is 2. The van der Waals surface area contributed by atoms with E-state index in [2.05, 4.69) is 41.0 Å². The summed E-state index contributed by atoms with van der Waals surface area (Å²) in [5.74, 6) is 0.204. The highest BCUT2D eigenvalue weighted by Gasteiger charge is 2.15. The lowest BCUT2D eigenvalue weighted by Crippen LogP contribution is -2.22. The van der Waals surface area contributed by atoms with Crippen molar-refractivity contribution in [3.63, 3.8) is 0 Å². The van der Waals surface area contributed by atoms with Crippen LogP contribution >= 0.6 is 11.8 Å². The molecule has 0 saturated heterocycles. The van der Waals surface area contributed by atoms with Crippen LogP contribution in [0.4, 0.5) is 0 Å². The molecule has 146 valence electrons. The number of hydrogen-bond donors (Lipinski definition) is 2. The number of benzene rings is 2. The van der Waals surface area contributed by atoms with Crippen LogP contribution in [0, 0.1) is 6.92 Å². The lowest BCUT2D eigenvalue weighted by molar-refractivity contribution is 0.0956. The molecule has 0 radical (unpaired) electrons. The average Bonchev–Trinajstić information content (AvgIpc) is 3.00. The second-order valence-electron chi connectivity index (χ2n) is 6.56. The van der Waals surface area contributed by atoms with Gasteiger partial charge in [-0.2, -0.15) is 0 Å². The van der Waals surface area contributed by atoms with Crippen LogP contribution in [0.15, 0.2) is 42.7 Å². The van der Waals surface area contributed by atoms with Crippen molar-refractivity contribution in [1.29, 1.82) is 0 Å². The van der Waals surface area contributed by atoms with Crippen LogP contribution < -0.4 is 5.32 Å². The first-order valence-electron chi connectivity index (χ1n) is 9.16. The molecule has 0 spiro atoms. The molecule has 0 unspecified atom stereocenters. The van der Waals surface area contributed by atoms with Crippen molar-refractivity contribution in [3.8, 4) is 0 Å². The molecule has 5 nitrogen and oxygen atoms in total. The van der Waals surface area contributed by atoms with Crippen LogP contribution in [-0.2, 0) is 7.05 Å². The van der Waals surface area contributed by atoms with Crippen molar-refractivity contribution in [2.45, 2.75) is 13.8 Å². The van der Waals surface area contributed by atoms with Crippen LogP contribution in [0.25, 0.3) is 32.6 Å². The molecule has 2 aromatic carbocycles. The SMILES string of the molecule is CCNC(=O)c1ccc2c(c1)c1cc3cnccc3c(C)c1n2C.CSCO. The summed E-state index contributed by atoms with van der Waals surface area (Å²) < 4.78 is 2.21. The van der Waals surface area contributed by atoms with Gasteiger partial charge in [0.2, 0.25) is 0 Å². The van der Waals surface area contributed by atoms with E-state index in [0.717, 1.165) is 21.7 Å². The number of amides is 1. The van der Waals surface area contributed by atoms with Gasteiger partial charge in [0.05, 0.1) is 11.5 Å². The normalized spacial score (nSPS) is 10.9. The topological polar surface area (TPSA) is 67.2 Å². The van der Waals surface area contributed by atoms with Gasteiger partial charge < -0.3 is 15.0 Å². The molecule has 4 aromatic rings. The highest BCUT2D eigenvalue weighted by atomic mass is 32.2. The van der Waals surface area contributed by atoms with Crippen molar-refractivity contribution in [1.82, 2.24) is 14.9 Å². The average molecular weight is 396 g/mol. The molecule has 2 aromatic heterocycles. The van der Waals surface area contributed by atoms with Gasteiger partial charge in [0.1, 0.15) is 0 Å². The van der Waals surface area contributed by atoms with Crippen molar-refractivity contribution in [3.05, 3.63) is 53.9 Å². The molecule has 0 aliphatic heterocycles. The first kappa shape index (κ1) is 20.2. The fourth-order valence-corrected chi connectivity index (χ4v) is 3.62. The van der Waals surface area contributed by atoms with Gasteiger partial charge >= 0.3 is 0 Å². The molecule has 2 heterocycles. The minimum absolute atomic E-state index is 0.0319. The quantitative estimate of drug-likeness (QED) is 0.509. The summed E-state index contributed by atoms with van der Waals surface area (Å²) in [7, 11) is 2.08. The number of aliphatic hydroxyl groups is 1. The zero-order valence-corrected chi connectivity index (χ0v) is 17.4. The first-order chi connectivity index (χ1) is 13.5. The smallest absolute Gasteiger partial charge is 0.251 e. The molecule has 6 heteroatoms. The van der Waals surface area contributed by atoms with Crippen molar-refractivity contribution in [2.24, 2.45) is 7.05 Å². The highest BCUT2D eigenvalue weighted by molar-refractivity contribution is 7.98. The molecule has 4 rings (SSSR count). The number of aromatic nitrogens is 2. The molecule has 0 atom stereocenters. The number of carbonyl (C=O) groups is 1. The minimum Gasteiger partial charge on any atom is -0.386 e. The Morgan fingerprint density at radius 2 is 1.96 bits per heavy atom. The van der Waals surface area contributed by atoms with Gasteiger partial charge in [-0.05, 0) is 61.4 Å². The Morgan fingerprint density at radius 3 is 2.64 bits per heavy atom. The lowest BCUT2D eigenvalue weighted by atomic mass is 10.0. The summed E-state index contributed by atoms with van der Waals surface area (Å²) in [5, 5.41) is 15.3. The Kier molecular flexibility index (Phi) is 6.21. The maximum absolute atomic E-state index is 12.2. The number of rotatable bonds is 3. The zero-order valence-electron chi connectivity index (χ0n) is 16.6. The molecular formula is C22H25N3O2S. The summed E-state index contributed by atoms with van der Waals surface area (Å²) >= 11 is 1.41. The van der Waals surface area contributed by atoms with Crippen molar-refractivity contribution in [2.75, 3.05) is 18.7 Å². The number of carbonyl (C=O) groups excluding carboxylic acids is 1. The van der Waals surface area contributed by atoms with Crippen LogP contribution in [0.2, 0.25) is 0 Å². The number of thioether (sulfide) groups is 1. The van der Waals surface area contributed by atoms with Gasteiger partial charge in [-0.25, -0.2) is 0 Å². The van der Waals surface area contributed by atoms with Gasteiger partial charge in [0, 0.05) is 53.2 Å². The van der Waals surface area contributed by atoms with Crippen molar-refractivity contribution < 1.29 is 9.90 Å². The Bertz CT molecular complexity index is 1150. The molecule has 0 aliphatic carbocycles. The van der Waals surface area contributed by atoms with Gasteiger partial charge in [0.25, 0.3) is 5.91 Å². The molecule has 0 aliphatic rings. The number of pyridine rings is 1. The number of hydrogen-bond acceptors (Lipinski definition) is 4. The molecule has 28 heavy (non-hydrogen) atoms. The summed E-state index contributed by atoms with van der Waals surface area (Å²) in [6, 6.07) is 10.1. The fourth-order valence-electron chi connectivity index (χ4n) is 3.62. The van der Waals surface area contributed by atoms with Gasteiger partial charge in [-0.15, -0.1) is 11.8 Å². The third kappa shape index (κ3) is 3.57. The number of fused-ring (bicyclic) bond motifs is 4. The van der Waals surface area contributed by atoms with Crippen molar-refractivity contribution >= 4 is 50.2 Å². The number of aliphatic hydroxyl groups excluding tert-OH is 1. The number of nitrogens with one attached hydrogen (secondary N) is 1. The van der Waals surface area contributed by atoms with Crippen LogP contribution in [-0.4, -0.2) is 39.3 Å². The van der Waals surface area contributed by atoms with Crippen LogP contribution in [0.1, 0.15) is 22.8 Å². The Morgan fingerprint density at radius 1 is 1.21 bits per heavy atom. The summed E-state index contributed by atoms with van der Waals surface area (Å²) in [4.78, 5) is 16.4. The van der Waals surface area contributed by atoms with E-state index in [-0.39, 0.29) is 11.8 Å². The van der Waals surface area contributed by atoms with E-state index in [9.17, 15) is 4.79 Å². The van der Waals surface area contributed by atoms with E-state index in [1.807, 2.05) is 43.8 Å². The minimum atomic E-state index is -0.0319. The standard InChI is InChI=1S/C20H19N3O.C2H6OS/c1-4-22-20(24)13-5-6-18-16(9-13)17-10-14-11-21-8-7-15(14)12(2)19(17)23(18)3;1-4-2-3/h5-11H,4H2,1-3H3,(H,22,24);3H,2H2,1H3. The first-order valence-corrected chi connectivity index (χ1v) is 10.6. The third-order valence-corrected chi connectivity index (χ3v) is 5.14. The molecule has 0 fully saturated rings. The predicted molar refractivity (Wildman–Crippen MR) is 119 cm³/mol. The molecule has 0 bridgehead atoms. The second-order valence-corrected chi connectivity index (χ2v) is 7.40. The fraction of sp³-hybridized carbons (Fsp3) is 0.273. The zero-order chi connectivity index (χ0) is 20.3. The second kappa shape index (κ2) is 8.63. The summed E-state index contributed by atoms with van der Waals surface area (Å²) in [6.45, 7) is 4.70. The van der Waals surface area contributed by atoms with E-state index in [1.165, 1.54) is 28.2 Å². The third-order valence-electron chi connectivity index (χ3n) is 4.88. The molecule has 0 saturated carbocycles. The summed E-state index contributed by atoms with van der Waals surface area (Å²) in [6.07, 6.45) is 5.57. The summed E-state index contributed by atoms with van der Waals surface area (Å²) in [5.41, 5.74) is 4.27. The van der Waals surface area contributed by atoms with Crippen LogP contribution in [0.5, 0.6) is 0 Å². The molecular weight excluding hydrogens is 370 g/mol. The van der Waals surface area contributed by atoms with E-state index in [4.69, 9.17) is 5.11 Å². The Labute approximate surface area is 168 Å². The predicted octanol–water partition coefficient (Wildman–Crippen LogP) is 4.24. The monoisotopic (exact) mass is 395 g/mol. The molecule has 1 amide bonds. The van der Waals surface area contributed by atoms with Gasteiger partial charge in [-0.1, -0.05) is 0 Å². The largest absolute Gasteiger partial charge is 0.386 e. The van der Waals surface area contributed by atoms with Gasteiger partial charge in [0.15, 0.2) is 0 Å². The lowest BCUT2D eigenvalue weighted by Gasteiger charge is -2.06. The van der Waals surface area contributed by atoms with E-state index >= 15 is 0 Å². The van der Waals surface area contributed by atoms with E-state index in [0.29, 0.717) is 12.1 Å². The van der Waals surface area contributed by atoms with Crippen LogP contribution in [0.3, 0.4) is 0 Å². The van der Waals surface area contributed by atoms with E-state index < -0.39 is 0 Å². The maximum atomic E-state index is 12.2. The Hall–Kier alpha value is -2.57. The maximum Gasteiger partial charge on any atom is 0.251 e. The number of nitrogens with zero attached hydrogens (tertiary/aromatic N) is 2. The molecule has 2 N–H and O–H groups in total. The van der Waals surface area contributed by atoms with E-state index in [1.54, 1.807) is 0 Å².